The highest BCUT2D eigenvalue weighted by Gasteiger charge is 2.15. The van der Waals surface area contributed by atoms with E-state index in [0.717, 1.165) is 67.5 Å². The number of fused-ring (bicyclic) bond motifs is 10. The van der Waals surface area contributed by atoms with Crippen molar-refractivity contribution in [1.29, 1.82) is 0 Å². The van der Waals surface area contributed by atoms with E-state index in [4.69, 9.17) is 18.9 Å². The minimum atomic E-state index is 0.733. The summed E-state index contributed by atoms with van der Waals surface area (Å²) in [5, 5.41) is 0. The van der Waals surface area contributed by atoms with Crippen LogP contribution in [0.4, 0.5) is 0 Å². The molecule has 36 heavy (non-hydrogen) atoms. The molecule has 0 radical (unpaired) electrons. The molecule has 0 heterocycles. The highest BCUT2D eigenvalue weighted by molar-refractivity contribution is 5.80. The predicted octanol–water partition coefficient (Wildman–Crippen LogP) is 6.17. The second-order valence-electron chi connectivity index (χ2n) is 8.16. The molecule has 4 aromatic carbocycles. The summed E-state index contributed by atoms with van der Waals surface area (Å²) in [4.78, 5) is 0. The van der Waals surface area contributed by atoms with Crippen LogP contribution in [0.2, 0.25) is 0 Å². The van der Waals surface area contributed by atoms with Crippen LogP contribution in [-0.2, 0) is 0 Å². The smallest absolute Gasteiger partial charge is 0.126 e. The molecule has 1 aliphatic carbocycles. The number of ether oxygens (including phenoxy) is 4. The van der Waals surface area contributed by atoms with Crippen LogP contribution in [0.1, 0.15) is 22.3 Å². The molecule has 0 saturated heterocycles. The summed E-state index contributed by atoms with van der Waals surface area (Å²) in [6, 6.07) is 23.6. The monoisotopic (exact) mass is 472 g/mol. The van der Waals surface area contributed by atoms with Crippen LogP contribution in [0, 0.1) is 23.7 Å². The first kappa shape index (κ1) is 23.0. The Morgan fingerprint density at radius 2 is 0.583 bits per heavy atom. The quantitative estimate of drug-likeness (QED) is 0.293. The lowest BCUT2D eigenvalue weighted by Gasteiger charge is -2.14. The molecule has 0 spiro atoms. The van der Waals surface area contributed by atoms with Gasteiger partial charge in [0, 0.05) is 44.5 Å². The Bertz CT molecular complexity index is 1360. The van der Waals surface area contributed by atoms with E-state index in [1.54, 1.807) is 28.4 Å². The molecule has 0 N–H and O–H groups in total. The van der Waals surface area contributed by atoms with Gasteiger partial charge in [0.25, 0.3) is 0 Å². The molecule has 176 valence electrons. The second kappa shape index (κ2) is 9.82. The molecule has 0 atom stereocenters. The molecular formula is C32H24O4. The average molecular weight is 473 g/mol. The normalized spacial score (nSPS) is 10.8. The Morgan fingerprint density at radius 3 is 0.778 bits per heavy atom. The Labute approximate surface area is 211 Å². The molecule has 0 saturated carbocycles. The maximum atomic E-state index is 5.67. The standard InChI is InChI=1S/C32H24O4/c1-33-29-13-9-21-5-6-23-11-15-31(35-3)27(19-23)28-20-24(12-16-32(28)36-4)8-7-22-10-14-30(34-2)26(18-22)25(29)17-21/h9-20H,1-4H3. The van der Waals surface area contributed by atoms with Gasteiger partial charge >= 0.3 is 0 Å². The van der Waals surface area contributed by atoms with Crippen molar-refractivity contribution in [3.8, 4) is 68.9 Å². The van der Waals surface area contributed by atoms with E-state index in [9.17, 15) is 0 Å². The first-order valence-corrected chi connectivity index (χ1v) is 11.4. The zero-order chi connectivity index (χ0) is 25.1. The Balaban J connectivity index is 1.82. The van der Waals surface area contributed by atoms with Gasteiger partial charge in [0.2, 0.25) is 0 Å². The van der Waals surface area contributed by atoms with E-state index in [0.29, 0.717) is 0 Å². The number of rotatable bonds is 4. The fourth-order valence-electron chi connectivity index (χ4n) is 4.27. The Hall–Kier alpha value is -4.80. The van der Waals surface area contributed by atoms with Crippen LogP contribution in [0.15, 0.2) is 72.8 Å². The number of methoxy groups -OCH3 is 4. The molecule has 4 nitrogen and oxygen atoms in total. The van der Waals surface area contributed by atoms with Gasteiger partial charge in [-0.05, 0) is 72.8 Å². The van der Waals surface area contributed by atoms with Crippen molar-refractivity contribution in [2.24, 2.45) is 0 Å². The fourth-order valence-corrected chi connectivity index (χ4v) is 4.27. The van der Waals surface area contributed by atoms with E-state index in [1.165, 1.54) is 0 Å². The molecular weight excluding hydrogens is 448 g/mol. The molecule has 1 aliphatic rings. The molecule has 0 aliphatic heterocycles. The number of hydrogen-bond acceptors (Lipinski definition) is 4. The molecule has 0 aromatic heterocycles. The molecule has 8 bridgehead atoms. The van der Waals surface area contributed by atoms with Gasteiger partial charge in [0.15, 0.2) is 0 Å². The van der Waals surface area contributed by atoms with Crippen LogP contribution in [0.5, 0.6) is 23.0 Å². The molecule has 5 rings (SSSR count). The largest absolute Gasteiger partial charge is 0.496 e. The van der Waals surface area contributed by atoms with Gasteiger partial charge < -0.3 is 18.9 Å². The molecule has 4 heteroatoms. The average Bonchev–Trinajstić information content (AvgIpc) is 2.93. The minimum Gasteiger partial charge on any atom is -0.496 e. The van der Waals surface area contributed by atoms with Gasteiger partial charge in [-0.1, -0.05) is 23.7 Å². The van der Waals surface area contributed by atoms with E-state index < -0.39 is 0 Å². The summed E-state index contributed by atoms with van der Waals surface area (Å²) in [5.41, 5.74) is 6.97. The Morgan fingerprint density at radius 1 is 0.361 bits per heavy atom. The van der Waals surface area contributed by atoms with Crippen molar-refractivity contribution in [1.82, 2.24) is 0 Å². The van der Waals surface area contributed by atoms with Crippen LogP contribution < -0.4 is 18.9 Å². The summed E-state index contributed by atoms with van der Waals surface area (Å²) in [6.07, 6.45) is 0. The van der Waals surface area contributed by atoms with Crippen molar-refractivity contribution in [3.63, 3.8) is 0 Å². The highest BCUT2D eigenvalue weighted by Crippen LogP contribution is 2.39. The third-order valence-corrected chi connectivity index (χ3v) is 6.08. The first-order valence-electron chi connectivity index (χ1n) is 11.4. The Kier molecular flexibility index (Phi) is 6.27. The van der Waals surface area contributed by atoms with Gasteiger partial charge in [-0.2, -0.15) is 0 Å². The van der Waals surface area contributed by atoms with Crippen molar-refractivity contribution in [2.45, 2.75) is 0 Å². The summed E-state index contributed by atoms with van der Waals surface area (Å²) < 4.78 is 22.7. The van der Waals surface area contributed by atoms with Gasteiger partial charge in [-0.3, -0.25) is 0 Å². The van der Waals surface area contributed by atoms with Crippen molar-refractivity contribution < 1.29 is 18.9 Å². The summed E-state index contributed by atoms with van der Waals surface area (Å²) in [6.45, 7) is 0. The van der Waals surface area contributed by atoms with Crippen molar-refractivity contribution in [3.05, 3.63) is 95.1 Å². The number of hydrogen-bond donors (Lipinski definition) is 0. The third-order valence-electron chi connectivity index (χ3n) is 6.08. The molecule has 0 unspecified atom stereocenters. The summed E-state index contributed by atoms with van der Waals surface area (Å²) in [5.74, 6) is 16.1. The van der Waals surface area contributed by atoms with Gasteiger partial charge in [0.1, 0.15) is 23.0 Å². The lowest BCUT2D eigenvalue weighted by molar-refractivity contribution is 0.410. The highest BCUT2D eigenvalue weighted by atomic mass is 16.5. The van der Waals surface area contributed by atoms with E-state index >= 15 is 0 Å². The molecule has 4 aromatic rings. The van der Waals surface area contributed by atoms with Crippen molar-refractivity contribution in [2.75, 3.05) is 28.4 Å². The van der Waals surface area contributed by atoms with E-state index in [-0.39, 0.29) is 0 Å². The lowest BCUT2D eigenvalue weighted by atomic mass is 9.97. The van der Waals surface area contributed by atoms with Crippen LogP contribution in [0.25, 0.3) is 22.3 Å². The maximum absolute atomic E-state index is 5.67. The van der Waals surface area contributed by atoms with E-state index in [1.807, 2.05) is 72.8 Å². The van der Waals surface area contributed by atoms with Crippen LogP contribution in [0.3, 0.4) is 0 Å². The lowest BCUT2D eigenvalue weighted by Crippen LogP contribution is -1.95. The van der Waals surface area contributed by atoms with Crippen LogP contribution >= 0.6 is 0 Å². The first-order chi connectivity index (χ1) is 17.6. The SMILES string of the molecule is COc1ccc2cc1-c1cc(ccc1OC)C#Cc1ccc(OC)c(c1)-c1cc(ccc1OC)C#C2. The summed E-state index contributed by atoms with van der Waals surface area (Å²) >= 11 is 0. The third kappa shape index (κ3) is 4.33. The predicted molar refractivity (Wildman–Crippen MR) is 142 cm³/mol. The zero-order valence-corrected chi connectivity index (χ0v) is 20.6. The maximum Gasteiger partial charge on any atom is 0.126 e. The topological polar surface area (TPSA) is 36.9 Å². The van der Waals surface area contributed by atoms with Crippen molar-refractivity contribution >= 4 is 0 Å². The fraction of sp³-hybridized carbons (Fsp3) is 0.125. The van der Waals surface area contributed by atoms with Gasteiger partial charge in [0.05, 0.1) is 28.4 Å². The van der Waals surface area contributed by atoms with Crippen LogP contribution in [-0.4, -0.2) is 28.4 Å². The number of benzene rings is 4. The molecule has 0 amide bonds. The molecule has 0 fully saturated rings. The zero-order valence-electron chi connectivity index (χ0n) is 20.6. The van der Waals surface area contributed by atoms with E-state index in [2.05, 4.69) is 23.7 Å². The van der Waals surface area contributed by atoms with Gasteiger partial charge in [-0.15, -0.1) is 0 Å². The second-order valence-corrected chi connectivity index (χ2v) is 8.16. The van der Waals surface area contributed by atoms with Gasteiger partial charge in [-0.25, -0.2) is 0 Å². The minimum absolute atomic E-state index is 0.733. The summed E-state index contributed by atoms with van der Waals surface area (Å²) in [7, 11) is 6.64.